The molecule has 1 aliphatic rings. The van der Waals surface area contributed by atoms with Crippen molar-refractivity contribution in [3.05, 3.63) is 30.1 Å². The normalized spacial score (nSPS) is 16.0. The van der Waals surface area contributed by atoms with Gasteiger partial charge in [0.1, 0.15) is 0 Å². The maximum Gasteiger partial charge on any atom is 0.186 e. The maximum absolute atomic E-state index is 5.32. The summed E-state index contributed by atoms with van der Waals surface area (Å²) in [7, 11) is 0. The molecule has 114 valence electrons. The molecule has 1 aromatic heterocycles. The van der Waals surface area contributed by atoms with E-state index in [1.54, 1.807) is 18.6 Å². The van der Waals surface area contributed by atoms with Gasteiger partial charge in [0.2, 0.25) is 0 Å². The molecule has 1 saturated heterocycles. The van der Waals surface area contributed by atoms with E-state index in [4.69, 9.17) is 17.0 Å². The van der Waals surface area contributed by atoms with Crippen LogP contribution in [0.4, 0.5) is 0 Å². The number of nitrogens with one attached hydrogen (secondary N) is 2. The predicted octanol–water partition coefficient (Wildman–Crippen LogP) is 0.602. The van der Waals surface area contributed by atoms with E-state index in [9.17, 15) is 0 Å². The molecule has 7 heteroatoms. The summed E-state index contributed by atoms with van der Waals surface area (Å²) in [5.74, 6) is 0. The molecule has 0 amide bonds. The topological polar surface area (TPSA) is 61.8 Å². The molecule has 0 spiro atoms. The summed E-state index contributed by atoms with van der Waals surface area (Å²) < 4.78 is 5.32. The Hall–Kier alpha value is -1.57. The Labute approximate surface area is 130 Å². The number of aromatic nitrogens is 1. The first-order valence-corrected chi connectivity index (χ1v) is 7.52. The van der Waals surface area contributed by atoms with Crippen LogP contribution in [0.1, 0.15) is 12.0 Å². The van der Waals surface area contributed by atoms with Gasteiger partial charge >= 0.3 is 0 Å². The molecule has 0 aliphatic carbocycles. The van der Waals surface area contributed by atoms with Crippen molar-refractivity contribution < 1.29 is 4.74 Å². The summed E-state index contributed by atoms with van der Waals surface area (Å²) >= 11 is 5.15. The molecular weight excluding hydrogens is 286 g/mol. The number of hydrogen-bond acceptors (Lipinski definition) is 5. The first-order chi connectivity index (χ1) is 10.3. The number of hydrogen-bond donors (Lipinski definition) is 2. The quantitative estimate of drug-likeness (QED) is 0.347. The summed E-state index contributed by atoms with van der Waals surface area (Å²) in [5, 5.41) is 7.75. The number of rotatable bonds is 6. The minimum absolute atomic E-state index is 0.539. The zero-order valence-corrected chi connectivity index (χ0v) is 12.8. The third kappa shape index (κ3) is 6.61. The Morgan fingerprint density at radius 3 is 3.10 bits per heavy atom. The van der Waals surface area contributed by atoms with Crippen molar-refractivity contribution in [3.8, 4) is 0 Å². The molecule has 0 unspecified atom stereocenters. The lowest BCUT2D eigenvalue weighted by Crippen LogP contribution is -2.39. The number of ether oxygens (including phenoxy) is 1. The van der Waals surface area contributed by atoms with Gasteiger partial charge < -0.3 is 10.1 Å². The van der Waals surface area contributed by atoms with E-state index in [0.717, 1.165) is 51.4 Å². The molecule has 1 fully saturated rings. The molecule has 0 atom stereocenters. The van der Waals surface area contributed by atoms with Gasteiger partial charge in [-0.25, -0.2) is 0 Å². The fourth-order valence-electron chi connectivity index (χ4n) is 1.99. The largest absolute Gasteiger partial charge is 0.379 e. The maximum atomic E-state index is 5.32. The van der Waals surface area contributed by atoms with Crippen LogP contribution in [0.2, 0.25) is 0 Å². The van der Waals surface area contributed by atoms with E-state index in [0.29, 0.717) is 5.11 Å². The van der Waals surface area contributed by atoms with E-state index >= 15 is 0 Å². The number of nitrogens with zero attached hydrogens (tertiary/aromatic N) is 3. The van der Waals surface area contributed by atoms with Crippen LogP contribution in [-0.2, 0) is 4.74 Å². The van der Waals surface area contributed by atoms with Crippen LogP contribution in [0.3, 0.4) is 0 Å². The number of hydrazone groups is 1. The van der Waals surface area contributed by atoms with Gasteiger partial charge in [0, 0.05) is 37.6 Å². The van der Waals surface area contributed by atoms with Gasteiger partial charge in [-0.1, -0.05) is 6.07 Å². The summed E-state index contributed by atoms with van der Waals surface area (Å²) in [4.78, 5) is 6.41. The van der Waals surface area contributed by atoms with Crippen molar-refractivity contribution in [2.45, 2.75) is 6.42 Å². The number of morpholine rings is 1. The van der Waals surface area contributed by atoms with Gasteiger partial charge in [-0.15, -0.1) is 0 Å². The zero-order chi connectivity index (χ0) is 14.8. The second-order valence-corrected chi connectivity index (χ2v) is 5.13. The second kappa shape index (κ2) is 9.38. The van der Waals surface area contributed by atoms with Crippen molar-refractivity contribution >= 4 is 23.5 Å². The van der Waals surface area contributed by atoms with Gasteiger partial charge in [-0.2, -0.15) is 5.10 Å². The van der Waals surface area contributed by atoms with Crippen molar-refractivity contribution in [3.63, 3.8) is 0 Å². The molecular formula is C14H21N5OS. The van der Waals surface area contributed by atoms with Crippen molar-refractivity contribution in [2.24, 2.45) is 5.10 Å². The Kier molecular flexibility index (Phi) is 7.06. The van der Waals surface area contributed by atoms with Crippen LogP contribution >= 0.6 is 12.2 Å². The van der Waals surface area contributed by atoms with E-state index in [1.807, 2.05) is 12.1 Å². The zero-order valence-electron chi connectivity index (χ0n) is 12.0. The molecule has 0 saturated carbocycles. The minimum atomic E-state index is 0.539. The van der Waals surface area contributed by atoms with E-state index in [2.05, 4.69) is 25.7 Å². The standard InChI is InChI=1S/C14H21N5OS/c21-14(18-17-12-13-3-1-4-15-11-13)16-5-2-6-19-7-9-20-10-8-19/h1,3-4,11-12H,2,5-10H2,(H2,16,18,21)/b17-12-. The molecule has 2 heterocycles. The van der Waals surface area contributed by atoms with Crippen molar-refractivity contribution in [1.29, 1.82) is 0 Å². The van der Waals surface area contributed by atoms with Crippen LogP contribution < -0.4 is 10.7 Å². The Balaban J connectivity index is 1.54. The monoisotopic (exact) mass is 307 g/mol. The fraction of sp³-hybridized carbons (Fsp3) is 0.500. The summed E-state index contributed by atoms with van der Waals surface area (Å²) in [6.45, 7) is 5.65. The van der Waals surface area contributed by atoms with E-state index in [1.165, 1.54) is 0 Å². The first kappa shape index (κ1) is 15.8. The van der Waals surface area contributed by atoms with Gasteiger partial charge in [-0.3, -0.25) is 15.3 Å². The lowest BCUT2D eigenvalue weighted by atomic mass is 10.3. The molecule has 1 aliphatic heterocycles. The smallest absolute Gasteiger partial charge is 0.186 e. The summed E-state index contributed by atoms with van der Waals surface area (Å²) in [5.41, 5.74) is 3.73. The highest BCUT2D eigenvalue weighted by Crippen LogP contribution is 1.97. The third-order valence-electron chi connectivity index (χ3n) is 3.10. The van der Waals surface area contributed by atoms with Crippen LogP contribution in [-0.4, -0.2) is 60.6 Å². The molecule has 6 nitrogen and oxygen atoms in total. The van der Waals surface area contributed by atoms with Gasteiger partial charge in [0.25, 0.3) is 0 Å². The van der Waals surface area contributed by atoms with Crippen LogP contribution in [0.25, 0.3) is 0 Å². The molecule has 1 aromatic rings. The number of thiocarbonyl (C=S) groups is 1. The van der Waals surface area contributed by atoms with Crippen molar-refractivity contribution in [1.82, 2.24) is 20.6 Å². The highest BCUT2D eigenvalue weighted by Gasteiger charge is 2.08. The average molecular weight is 307 g/mol. The Morgan fingerprint density at radius 2 is 2.33 bits per heavy atom. The Bertz CT molecular complexity index is 448. The minimum Gasteiger partial charge on any atom is -0.379 e. The van der Waals surface area contributed by atoms with Crippen LogP contribution in [0, 0.1) is 0 Å². The molecule has 2 N–H and O–H groups in total. The van der Waals surface area contributed by atoms with Crippen molar-refractivity contribution in [2.75, 3.05) is 39.4 Å². The lowest BCUT2D eigenvalue weighted by molar-refractivity contribution is 0.0376. The highest BCUT2D eigenvalue weighted by atomic mass is 32.1. The SMILES string of the molecule is S=C(NCCCN1CCOCC1)N/N=C\c1cccnc1. The highest BCUT2D eigenvalue weighted by molar-refractivity contribution is 7.80. The third-order valence-corrected chi connectivity index (χ3v) is 3.34. The first-order valence-electron chi connectivity index (χ1n) is 7.11. The van der Waals surface area contributed by atoms with E-state index in [-0.39, 0.29) is 0 Å². The molecule has 2 rings (SSSR count). The lowest BCUT2D eigenvalue weighted by Gasteiger charge is -2.26. The Morgan fingerprint density at radius 1 is 1.48 bits per heavy atom. The summed E-state index contributed by atoms with van der Waals surface area (Å²) in [6, 6.07) is 3.79. The molecule has 0 bridgehead atoms. The predicted molar refractivity (Wildman–Crippen MR) is 87.4 cm³/mol. The molecule has 0 aromatic carbocycles. The van der Waals surface area contributed by atoms with Gasteiger partial charge in [-0.05, 0) is 31.2 Å². The molecule has 21 heavy (non-hydrogen) atoms. The summed E-state index contributed by atoms with van der Waals surface area (Å²) in [6.07, 6.45) is 6.21. The fourth-order valence-corrected chi connectivity index (χ4v) is 2.14. The van der Waals surface area contributed by atoms with Crippen LogP contribution in [0.15, 0.2) is 29.6 Å². The van der Waals surface area contributed by atoms with E-state index < -0.39 is 0 Å². The second-order valence-electron chi connectivity index (χ2n) is 4.72. The van der Waals surface area contributed by atoms with Gasteiger partial charge in [0.15, 0.2) is 5.11 Å². The average Bonchev–Trinajstić information content (AvgIpc) is 2.54. The van der Waals surface area contributed by atoms with Crippen LogP contribution in [0.5, 0.6) is 0 Å². The molecule has 0 radical (unpaired) electrons. The number of pyridine rings is 1. The van der Waals surface area contributed by atoms with Gasteiger partial charge in [0.05, 0.1) is 19.4 Å².